The second-order valence-corrected chi connectivity index (χ2v) is 7.65. The summed E-state index contributed by atoms with van der Waals surface area (Å²) in [7, 11) is 0. The highest BCUT2D eigenvalue weighted by atomic mass is 32.1. The van der Waals surface area contributed by atoms with Crippen molar-refractivity contribution in [1.82, 2.24) is 24.8 Å². The molecular weight excluding hydrogens is 366 g/mol. The molecule has 1 aliphatic rings. The standard InChI is InChI=1S/C22H25N5S/c1-5-26-21(20(25-22(26)28)18-8-6-7-11-23-18)17-12-15(3)27(16(17)4)19-10-9-14(2)13-24-19/h6-13,20-21H,5H2,1-4H3,(H,25,28)/t20-,21-/m0/s1. The van der Waals surface area contributed by atoms with Gasteiger partial charge < -0.3 is 14.8 Å². The molecule has 28 heavy (non-hydrogen) atoms. The van der Waals surface area contributed by atoms with E-state index in [0.717, 1.165) is 34.4 Å². The SMILES string of the molecule is CCN1C(=S)N[C@@H](c2ccccn2)[C@@H]1c1cc(C)n(-c2ccc(C)cn2)c1C. The molecule has 0 aliphatic carbocycles. The number of hydrogen-bond donors (Lipinski definition) is 1. The molecule has 1 aliphatic heterocycles. The summed E-state index contributed by atoms with van der Waals surface area (Å²) in [5.41, 5.74) is 5.76. The first-order valence-corrected chi connectivity index (χ1v) is 10.0. The molecule has 2 atom stereocenters. The van der Waals surface area contributed by atoms with E-state index in [9.17, 15) is 0 Å². The average molecular weight is 392 g/mol. The van der Waals surface area contributed by atoms with Gasteiger partial charge >= 0.3 is 0 Å². The second-order valence-electron chi connectivity index (χ2n) is 7.27. The number of likely N-dealkylation sites (N-methyl/N-ethyl adjacent to an activating group) is 1. The Morgan fingerprint density at radius 2 is 1.93 bits per heavy atom. The predicted molar refractivity (Wildman–Crippen MR) is 116 cm³/mol. The van der Waals surface area contributed by atoms with Gasteiger partial charge in [0.2, 0.25) is 0 Å². The quantitative estimate of drug-likeness (QED) is 0.676. The Labute approximate surface area is 171 Å². The van der Waals surface area contributed by atoms with Crippen molar-refractivity contribution in [2.24, 2.45) is 0 Å². The number of thiocarbonyl (C=S) groups is 1. The lowest BCUT2D eigenvalue weighted by Crippen LogP contribution is -2.29. The molecule has 3 aromatic rings. The van der Waals surface area contributed by atoms with Gasteiger partial charge in [-0.3, -0.25) is 4.98 Å². The third-order valence-electron chi connectivity index (χ3n) is 5.45. The molecule has 4 rings (SSSR count). The third-order valence-corrected chi connectivity index (χ3v) is 5.80. The van der Waals surface area contributed by atoms with Gasteiger partial charge in [0, 0.05) is 30.3 Å². The van der Waals surface area contributed by atoms with Gasteiger partial charge in [-0.05, 0) is 75.3 Å². The maximum atomic E-state index is 5.65. The van der Waals surface area contributed by atoms with Crippen LogP contribution in [0.25, 0.3) is 5.82 Å². The van der Waals surface area contributed by atoms with Crippen LogP contribution in [0.2, 0.25) is 0 Å². The van der Waals surface area contributed by atoms with Gasteiger partial charge in [0.05, 0.1) is 17.8 Å². The summed E-state index contributed by atoms with van der Waals surface area (Å²) in [5, 5.41) is 4.27. The van der Waals surface area contributed by atoms with Crippen LogP contribution in [0.3, 0.4) is 0 Å². The molecular formula is C22H25N5S. The molecule has 6 heteroatoms. The summed E-state index contributed by atoms with van der Waals surface area (Å²) in [6.45, 7) is 9.33. The van der Waals surface area contributed by atoms with Crippen molar-refractivity contribution >= 4 is 17.3 Å². The largest absolute Gasteiger partial charge is 0.352 e. The number of rotatable bonds is 4. The zero-order valence-electron chi connectivity index (χ0n) is 16.7. The number of hydrogen-bond acceptors (Lipinski definition) is 3. The second kappa shape index (κ2) is 7.36. The van der Waals surface area contributed by atoms with Gasteiger partial charge in [0.15, 0.2) is 5.11 Å². The normalized spacial score (nSPS) is 19.1. The molecule has 0 spiro atoms. The van der Waals surface area contributed by atoms with Crippen LogP contribution in [0.4, 0.5) is 0 Å². The molecule has 0 bridgehead atoms. The van der Waals surface area contributed by atoms with Gasteiger partial charge in [0.1, 0.15) is 5.82 Å². The zero-order valence-corrected chi connectivity index (χ0v) is 17.5. The summed E-state index contributed by atoms with van der Waals surface area (Å²) in [4.78, 5) is 11.5. The maximum Gasteiger partial charge on any atom is 0.170 e. The molecule has 0 saturated carbocycles. The minimum absolute atomic E-state index is 0.0218. The highest BCUT2D eigenvalue weighted by Crippen LogP contribution is 2.40. The monoisotopic (exact) mass is 391 g/mol. The van der Waals surface area contributed by atoms with Crippen molar-refractivity contribution in [3.8, 4) is 5.82 Å². The topological polar surface area (TPSA) is 46.0 Å². The highest BCUT2D eigenvalue weighted by molar-refractivity contribution is 7.80. The first-order valence-electron chi connectivity index (χ1n) is 9.61. The summed E-state index contributed by atoms with van der Waals surface area (Å²) < 4.78 is 2.22. The fourth-order valence-electron chi connectivity index (χ4n) is 4.12. The fraction of sp³-hybridized carbons (Fsp3) is 0.318. The van der Waals surface area contributed by atoms with Crippen LogP contribution in [0.15, 0.2) is 48.8 Å². The van der Waals surface area contributed by atoms with E-state index < -0.39 is 0 Å². The first kappa shape index (κ1) is 18.6. The lowest BCUT2D eigenvalue weighted by molar-refractivity contribution is 0.329. The van der Waals surface area contributed by atoms with Crippen LogP contribution in [-0.4, -0.2) is 31.1 Å². The van der Waals surface area contributed by atoms with Gasteiger partial charge in [-0.2, -0.15) is 0 Å². The van der Waals surface area contributed by atoms with E-state index in [-0.39, 0.29) is 12.1 Å². The maximum absolute atomic E-state index is 5.65. The van der Waals surface area contributed by atoms with Crippen molar-refractivity contribution in [3.05, 3.63) is 77.0 Å². The van der Waals surface area contributed by atoms with Crippen molar-refractivity contribution in [2.45, 2.75) is 39.8 Å². The Morgan fingerprint density at radius 1 is 1.11 bits per heavy atom. The molecule has 5 nitrogen and oxygen atoms in total. The van der Waals surface area contributed by atoms with E-state index in [1.165, 1.54) is 11.3 Å². The van der Waals surface area contributed by atoms with E-state index in [1.807, 2.05) is 24.5 Å². The molecule has 3 aromatic heterocycles. The molecule has 1 N–H and O–H groups in total. The third kappa shape index (κ3) is 3.07. The van der Waals surface area contributed by atoms with Crippen LogP contribution in [-0.2, 0) is 0 Å². The molecule has 1 fully saturated rings. The zero-order chi connectivity index (χ0) is 19.8. The average Bonchev–Trinajstić information content (AvgIpc) is 3.18. The minimum atomic E-state index is 0.0218. The minimum Gasteiger partial charge on any atom is -0.352 e. The van der Waals surface area contributed by atoms with Gasteiger partial charge in [0.25, 0.3) is 0 Å². The van der Waals surface area contributed by atoms with E-state index in [1.54, 1.807) is 0 Å². The van der Waals surface area contributed by atoms with Crippen LogP contribution in [0.1, 0.15) is 47.2 Å². The molecule has 0 unspecified atom stereocenters. The highest BCUT2D eigenvalue weighted by Gasteiger charge is 2.40. The number of nitrogens with zero attached hydrogens (tertiary/aromatic N) is 4. The fourth-order valence-corrected chi connectivity index (χ4v) is 4.49. The predicted octanol–water partition coefficient (Wildman–Crippen LogP) is 4.18. The van der Waals surface area contributed by atoms with Crippen molar-refractivity contribution in [2.75, 3.05) is 6.54 Å². The molecule has 1 saturated heterocycles. The molecule has 4 heterocycles. The van der Waals surface area contributed by atoms with E-state index in [2.05, 4.69) is 76.7 Å². The molecule has 0 amide bonds. The summed E-state index contributed by atoms with van der Waals surface area (Å²) in [6, 6.07) is 12.6. The first-order chi connectivity index (χ1) is 13.5. The summed E-state index contributed by atoms with van der Waals surface area (Å²) in [5.74, 6) is 0.942. The Kier molecular flexibility index (Phi) is 4.89. The Morgan fingerprint density at radius 3 is 2.57 bits per heavy atom. The van der Waals surface area contributed by atoms with Gasteiger partial charge in [-0.1, -0.05) is 12.1 Å². The molecule has 0 aromatic carbocycles. The Bertz CT molecular complexity index is 994. The van der Waals surface area contributed by atoms with Crippen LogP contribution in [0.5, 0.6) is 0 Å². The lowest BCUT2D eigenvalue weighted by Gasteiger charge is -2.27. The van der Waals surface area contributed by atoms with E-state index >= 15 is 0 Å². The molecule has 0 radical (unpaired) electrons. The smallest absolute Gasteiger partial charge is 0.170 e. The lowest BCUT2D eigenvalue weighted by atomic mass is 9.97. The van der Waals surface area contributed by atoms with E-state index in [4.69, 9.17) is 12.2 Å². The number of aromatic nitrogens is 3. The van der Waals surface area contributed by atoms with Crippen LogP contribution in [0, 0.1) is 20.8 Å². The van der Waals surface area contributed by atoms with Crippen LogP contribution < -0.4 is 5.32 Å². The van der Waals surface area contributed by atoms with Gasteiger partial charge in [-0.25, -0.2) is 4.98 Å². The number of pyridine rings is 2. The summed E-state index contributed by atoms with van der Waals surface area (Å²) >= 11 is 5.65. The Hall–Kier alpha value is -2.73. The number of nitrogens with one attached hydrogen (secondary N) is 1. The van der Waals surface area contributed by atoms with Crippen molar-refractivity contribution in [1.29, 1.82) is 0 Å². The Balaban J connectivity index is 1.82. The number of aryl methyl sites for hydroxylation is 2. The van der Waals surface area contributed by atoms with Gasteiger partial charge in [-0.15, -0.1) is 0 Å². The summed E-state index contributed by atoms with van der Waals surface area (Å²) in [6.07, 6.45) is 3.75. The molecule has 144 valence electrons. The van der Waals surface area contributed by atoms with E-state index in [0.29, 0.717) is 0 Å². The van der Waals surface area contributed by atoms with Crippen LogP contribution >= 0.6 is 12.2 Å². The van der Waals surface area contributed by atoms with Crippen molar-refractivity contribution < 1.29 is 0 Å². The van der Waals surface area contributed by atoms with Crippen molar-refractivity contribution in [3.63, 3.8) is 0 Å².